The van der Waals surface area contributed by atoms with Crippen LogP contribution in [0.3, 0.4) is 0 Å². The zero-order valence-corrected chi connectivity index (χ0v) is 15.3. The second-order valence-corrected chi connectivity index (χ2v) is 6.12. The van der Waals surface area contributed by atoms with E-state index in [1.54, 1.807) is 25.3 Å². The highest BCUT2D eigenvalue weighted by atomic mass is 16.5. The third-order valence-electron chi connectivity index (χ3n) is 4.39. The van der Waals surface area contributed by atoms with Gasteiger partial charge in [0.2, 0.25) is 0 Å². The standard InChI is InChI=1S/C21H23N3O2/c1-15-20(17-8-5-4-6-9-17)16(2)24(23-15)13-12-22-21(25)18-10-7-11-19(14-18)26-3/h4-11,14H,12-13H2,1-3H3,(H,22,25). The van der Waals surface area contributed by atoms with Crippen molar-refractivity contribution in [1.29, 1.82) is 0 Å². The van der Waals surface area contributed by atoms with Gasteiger partial charge in [-0.1, -0.05) is 36.4 Å². The summed E-state index contributed by atoms with van der Waals surface area (Å²) in [6, 6.07) is 17.4. The van der Waals surface area contributed by atoms with E-state index in [-0.39, 0.29) is 5.91 Å². The number of nitrogens with zero attached hydrogens (tertiary/aromatic N) is 2. The van der Waals surface area contributed by atoms with Gasteiger partial charge in [-0.2, -0.15) is 5.10 Å². The molecule has 0 spiro atoms. The Morgan fingerprint density at radius 2 is 1.88 bits per heavy atom. The van der Waals surface area contributed by atoms with Crippen LogP contribution < -0.4 is 10.1 Å². The molecule has 3 aromatic rings. The number of aryl methyl sites for hydroxylation is 1. The monoisotopic (exact) mass is 349 g/mol. The molecule has 5 heteroatoms. The maximum absolute atomic E-state index is 12.3. The van der Waals surface area contributed by atoms with Crippen molar-refractivity contribution in [2.75, 3.05) is 13.7 Å². The lowest BCUT2D eigenvalue weighted by atomic mass is 10.0. The third-order valence-corrected chi connectivity index (χ3v) is 4.39. The van der Waals surface area contributed by atoms with Gasteiger partial charge in [0.05, 0.1) is 19.3 Å². The van der Waals surface area contributed by atoms with Crippen LogP contribution in [0.15, 0.2) is 54.6 Å². The van der Waals surface area contributed by atoms with Crippen LogP contribution >= 0.6 is 0 Å². The van der Waals surface area contributed by atoms with Gasteiger partial charge < -0.3 is 10.1 Å². The molecular formula is C21H23N3O2. The Labute approximate surface area is 153 Å². The van der Waals surface area contributed by atoms with E-state index in [2.05, 4.69) is 29.5 Å². The van der Waals surface area contributed by atoms with E-state index in [4.69, 9.17) is 4.74 Å². The largest absolute Gasteiger partial charge is 0.497 e. The fourth-order valence-electron chi connectivity index (χ4n) is 3.08. The minimum Gasteiger partial charge on any atom is -0.497 e. The summed E-state index contributed by atoms with van der Waals surface area (Å²) in [5.74, 6) is 0.553. The summed E-state index contributed by atoms with van der Waals surface area (Å²) in [4.78, 5) is 12.3. The molecule has 0 fully saturated rings. The highest BCUT2D eigenvalue weighted by Crippen LogP contribution is 2.26. The molecular weight excluding hydrogens is 326 g/mol. The molecule has 0 radical (unpaired) electrons. The van der Waals surface area contributed by atoms with Gasteiger partial charge in [-0.3, -0.25) is 9.48 Å². The minimum absolute atomic E-state index is 0.117. The average molecular weight is 349 g/mol. The van der Waals surface area contributed by atoms with E-state index in [9.17, 15) is 4.79 Å². The third kappa shape index (κ3) is 3.77. The number of nitrogens with one attached hydrogen (secondary N) is 1. The van der Waals surface area contributed by atoms with E-state index >= 15 is 0 Å². The lowest BCUT2D eigenvalue weighted by Crippen LogP contribution is -2.27. The summed E-state index contributed by atoms with van der Waals surface area (Å²) in [6.07, 6.45) is 0. The summed E-state index contributed by atoms with van der Waals surface area (Å²) in [5.41, 5.74) is 5.00. The Morgan fingerprint density at radius 1 is 1.12 bits per heavy atom. The minimum atomic E-state index is -0.117. The predicted octanol–water partition coefficient (Wildman–Crippen LogP) is 3.61. The summed E-state index contributed by atoms with van der Waals surface area (Å²) in [6.45, 7) is 5.20. The first-order valence-electron chi connectivity index (χ1n) is 8.62. The quantitative estimate of drug-likeness (QED) is 0.740. The lowest BCUT2D eigenvalue weighted by Gasteiger charge is -2.08. The topological polar surface area (TPSA) is 56.1 Å². The van der Waals surface area contributed by atoms with E-state index in [0.717, 1.165) is 22.5 Å². The van der Waals surface area contributed by atoms with Crippen LogP contribution in [0.4, 0.5) is 0 Å². The number of carbonyl (C=O) groups is 1. The molecule has 134 valence electrons. The number of ether oxygens (including phenoxy) is 1. The van der Waals surface area contributed by atoms with Crippen LogP contribution in [0.1, 0.15) is 21.7 Å². The summed E-state index contributed by atoms with van der Waals surface area (Å²) in [5, 5.41) is 7.57. The van der Waals surface area contributed by atoms with Crippen molar-refractivity contribution in [2.24, 2.45) is 0 Å². The van der Waals surface area contributed by atoms with Gasteiger partial charge in [0.15, 0.2) is 0 Å². The van der Waals surface area contributed by atoms with Gasteiger partial charge >= 0.3 is 0 Å². The highest BCUT2D eigenvalue weighted by molar-refractivity contribution is 5.94. The molecule has 2 aromatic carbocycles. The second-order valence-electron chi connectivity index (χ2n) is 6.12. The molecule has 1 aromatic heterocycles. The number of carbonyl (C=O) groups excluding carboxylic acids is 1. The summed E-state index contributed by atoms with van der Waals surface area (Å²) in [7, 11) is 1.59. The molecule has 0 atom stereocenters. The number of hydrogen-bond donors (Lipinski definition) is 1. The Bertz CT molecular complexity index is 901. The Balaban J connectivity index is 1.66. The smallest absolute Gasteiger partial charge is 0.251 e. The number of methoxy groups -OCH3 is 1. The molecule has 0 aliphatic rings. The molecule has 3 rings (SSSR count). The Morgan fingerprint density at radius 3 is 2.62 bits per heavy atom. The Kier molecular flexibility index (Phi) is 5.37. The van der Waals surface area contributed by atoms with Gasteiger partial charge in [0, 0.05) is 23.4 Å². The number of aromatic nitrogens is 2. The zero-order valence-electron chi connectivity index (χ0n) is 15.3. The lowest BCUT2D eigenvalue weighted by molar-refractivity contribution is 0.0951. The molecule has 0 unspecified atom stereocenters. The fourth-order valence-corrected chi connectivity index (χ4v) is 3.08. The van der Waals surface area contributed by atoms with Crippen molar-refractivity contribution in [3.05, 3.63) is 71.5 Å². The molecule has 26 heavy (non-hydrogen) atoms. The average Bonchev–Trinajstić information content (AvgIpc) is 2.96. The highest BCUT2D eigenvalue weighted by Gasteiger charge is 2.13. The van der Waals surface area contributed by atoms with Crippen LogP contribution in [0.25, 0.3) is 11.1 Å². The normalized spacial score (nSPS) is 10.6. The van der Waals surface area contributed by atoms with Crippen LogP contribution in [0.5, 0.6) is 5.75 Å². The van der Waals surface area contributed by atoms with Crippen LogP contribution in [-0.2, 0) is 6.54 Å². The van der Waals surface area contributed by atoms with E-state index in [1.807, 2.05) is 35.9 Å². The van der Waals surface area contributed by atoms with Gasteiger partial charge in [-0.05, 0) is 37.6 Å². The summed E-state index contributed by atoms with van der Waals surface area (Å²) >= 11 is 0. The molecule has 1 heterocycles. The first-order valence-corrected chi connectivity index (χ1v) is 8.62. The van der Waals surface area contributed by atoms with Gasteiger partial charge in [-0.15, -0.1) is 0 Å². The van der Waals surface area contributed by atoms with Crippen LogP contribution in [0, 0.1) is 13.8 Å². The molecule has 0 aliphatic carbocycles. The second kappa shape index (κ2) is 7.87. The van der Waals surface area contributed by atoms with E-state index in [0.29, 0.717) is 24.4 Å². The van der Waals surface area contributed by atoms with Crippen molar-refractivity contribution < 1.29 is 9.53 Å². The number of benzene rings is 2. The molecule has 0 saturated carbocycles. The van der Waals surface area contributed by atoms with Crippen molar-refractivity contribution >= 4 is 5.91 Å². The first kappa shape index (κ1) is 17.7. The number of rotatable bonds is 6. The van der Waals surface area contributed by atoms with Gasteiger partial charge in [0.1, 0.15) is 5.75 Å². The zero-order chi connectivity index (χ0) is 18.5. The van der Waals surface area contributed by atoms with Crippen LogP contribution in [0.2, 0.25) is 0 Å². The fraction of sp³-hybridized carbons (Fsp3) is 0.238. The van der Waals surface area contributed by atoms with Crippen molar-refractivity contribution in [2.45, 2.75) is 20.4 Å². The maximum atomic E-state index is 12.3. The summed E-state index contributed by atoms with van der Waals surface area (Å²) < 4.78 is 7.11. The van der Waals surface area contributed by atoms with Crippen molar-refractivity contribution in [3.63, 3.8) is 0 Å². The Hall–Kier alpha value is -3.08. The SMILES string of the molecule is COc1cccc(C(=O)NCCn2nc(C)c(-c3ccccc3)c2C)c1. The van der Waals surface area contributed by atoms with Crippen molar-refractivity contribution in [3.8, 4) is 16.9 Å². The molecule has 1 N–H and O–H groups in total. The first-order chi connectivity index (χ1) is 12.6. The van der Waals surface area contributed by atoms with Gasteiger partial charge in [0.25, 0.3) is 5.91 Å². The van der Waals surface area contributed by atoms with Crippen molar-refractivity contribution in [1.82, 2.24) is 15.1 Å². The molecule has 5 nitrogen and oxygen atoms in total. The van der Waals surface area contributed by atoms with Crippen LogP contribution in [-0.4, -0.2) is 29.3 Å². The molecule has 1 amide bonds. The number of amides is 1. The van der Waals surface area contributed by atoms with Gasteiger partial charge in [-0.25, -0.2) is 0 Å². The molecule has 0 aliphatic heterocycles. The number of hydrogen-bond acceptors (Lipinski definition) is 3. The predicted molar refractivity (Wildman–Crippen MR) is 102 cm³/mol. The maximum Gasteiger partial charge on any atom is 0.251 e. The van der Waals surface area contributed by atoms with E-state index < -0.39 is 0 Å². The molecule has 0 bridgehead atoms. The molecule has 0 saturated heterocycles. The van der Waals surface area contributed by atoms with E-state index in [1.165, 1.54) is 0 Å².